The lowest BCUT2D eigenvalue weighted by Crippen LogP contribution is -2.30. The molecule has 1 aromatic carbocycles. The van der Waals surface area contributed by atoms with Crippen LogP contribution in [0.25, 0.3) is 0 Å². The maximum absolute atomic E-state index is 11.5. The van der Waals surface area contributed by atoms with Crippen LogP contribution < -0.4 is 5.32 Å². The van der Waals surface area contributed by atoms with E-state index >= 15 is 0 Å². The predicted octanol–water partition coefficient (Wildman–Crippen LogP) is 1.85. The Morgan fingerprint density at radius 2 is 1.89 bits per heavy atom. The van der Waals surface area contributed by atoms with Crippen LogP contribution in [0.3, 0.4) is 0 Å². The van der Waals surface area contributed by atoms with Crippen LogP contribution in [0.1, 0.15) is 32.3 Å². The van der Waals surface area contributed by atoms with Crippen LogP contribution in [0.15, 0.2) is 24.3 Å². The third-order valence-electron chi connectivity index (χ3n) is 3.06. The number of hydrogen-bond donors (Lipinski definition) is 3. The second-order valence-corrected chi connectivity index (χ2v) is 5.14. The number of aryl methyl sites for hydroxylation is 1. The van der Waals surface area contributed by atoms with E-state index in [0.29, 0.717) is 6.54 Å². The normalized spacial score (nSPS) is 12.4. The Kier molecular flexibility index (Phi) is 6.36. The fourth-order valence-electron chi connectivity index (χ4n) is 1.68. The standard InChI is InChI=1S/C15H23NO3/c1-11(2)14(18)10-15(19)16-9-3-4-12-5-7-13(17)8-6-12/h5-8,11,14,17-18H,3-4,9-10H2,1-2H3,(H,16,19). The summed E-state index contributed by atoms with van der Waals surface area (Å²) in [4.78, 5) is 11.5. The van der Waals surface area contributed by atoms with Gasteiger partial charge in [0.05, 0.1) is 12.5 Å². The minimum Gasteiger partial charge on any atom is -0.508 e. The van der Waals surface area contributed by atoms with Crippen molar-refractivity contribution in [1.82, 2.24) is 5.32 Å². The molecule has 0 fully saturated rings. The number of carbonyl (C=O) groups is 1. The number of carbonyl (C=O) groups excluding carboxylic acids is 1. The minimum absolute atomic E-state index is 0.0998. The van der Waals surface area contributed by atoms with Crippen molar-refractivity contribution in [3.63, 3.8) is 0 Å². The fourth-order valence-corrected chi connectivity index (χ4v) is 1.68. The molecular formula is C15H23NO3. The zero-order valence-electron chi connectivity index (χ0n) is 11.6. The molecule has 1 aromatic rings. The molecule has 19 heavy (non-hydrogen) atoms. The Morgan fingerprint density at radius 1 is 1.26 bits per heavy atom. The highest BCUT2D eigenvalue weighted by atomic mass is 16.3. The molecule has 0 radical (unpaired) electrons. The van der Waals surface area contributed by atoms with Crippen LogP contribution in [-0.2, 0) is 11.2 Å². The lowest BCUT2D eigenvalue weighted by atomic mass is 10.0. The van der Waals surface area contributed by atoms with Gasteiger partial charge in [0.15, 0.2) is 0 Å². The van der Waals surface area contributed by atoms with E-state index in [0.717, 1.165) is 18.4 Å². The topological polar surface area (TPSA) is 69.6 Å². The third-order valence-corrected chi connectivity index (χ3v) is 3.06. The van der Waals surface area contributed by atoms with Gasteiger partial charge in [0, 0.05) is 6.54 Å². The van der Waals surface area contributed by atoms with Crippen molar-refractivity contribution in [2.45, 2.75) is 39.2 Å². The van der Waals surface area contributed by atoms with Crippen molar-refractivity contribution >= 4 is 5.91 Å². The van der Waals surface area contributed by atoms with Gasteiger partial charge in [-0.3, -0.25) is 4.79 Å². The number of aromatic hydroxyl groups is 1. The number of hydrogen-bond acceptors (Lipinski definition) is 3. The fraction of sp³-hybridized carbons (Fsp3) is 0.533. The largest absolute Gasteiger partial charge is 0.508 e. The number of phenols is 1. The molecule has 0 heterocycles. The number of aliphatic hydroxyl groups excluding tert-OH is 1. The lowest BCUT2D eigenvalue weighted by molar-refractivity contribution is -0.123. The van der Waals surface area contributed by atoms with E-state index < -0.39 is 6.10 Å². The van der Waals surface area contributed by atoms with Crippen LogP contribution in [0.4, 0.5) is 0 Å². The van der Waals surface area contributed by atoms with E-state index in [1.807, 2.05) is 26.0 Å². The van der Waals surface area contributed by atoms with Gasteiger partial charge in [-0.25, -0.2) is 0 Å². The van der Waals surface area contributed by atoms with E-state index in [2.05, 4.69) is 5.32 Å². The monoisotopic (exact) mass is 265 g/mol. The van der Waals surface area contributed by atoms with E-state index in [1.165, 1.54) is 0 Å². The lowest BCUT2D eigenvalue weighted by Gasteiger charge is -2.13. The Labute approximate surface area is 114 Å². The Balaban J connectivity index is 2.17. The van der Waals surface area contributed by atoms with Gasteiger partial charge in [-0.05, 0) is 36.5 Å². The maximum atomic E-state index is 11.5. The summed E-state index contributed by atoms with van der Waals surface area (Å²) < 4.78 is 0. The number of nitrogens with one attached hydrogen (secondary N) is 1. The second-order valence-electron chi connectivity index (χ2n) is 5.14. The van der Waals surface area contributed by atoms with Crippen molar-refractivity contribution < 1.29 is 15.0 Å². The van der Waals surface area contributed by atoms with Gasteiger partial charge >= 0.3 is 0 Å². The van der Waals surface area contributed by atoms with Crippen LogP contribution in [0.5, 0.6) is 5.75 Å². The highest BCUT2D eigenvalue weighted by Crippen LogP contribution is 2.10. The molecule has 0 spiro atoms. The van der Waals surface area contributed by atoms with Gasteiger partial charge in [0.2, 0.25) is 5.91 Å². The quantitative estimate of drug-likeness (QED) is 0.659. The van der Waals surface area contributed by atoms with Gasteiger partial charge in [-0.2, -0.15) is 0 Å². The average molecular weight is 265 g/mol. The predicted molar refractivity (Wildman–Crippen MR) is 74.9 cm³/mol. The average Bonchev–Trinajstić information content (AvgIpc) is 2.36. The van der Waals surface area contributed by atoms with Gasteiger partial charge in [0.25, 0.3) is 0 Å². The van der Waals surface area contributed by atoms with Crippen LogP contribution in [0.2, 0.25) is 0 Å². The SMILES string of the molecule is CC(C)C(O)CC(=O)NCCCc1ccc(O)cc1. The highest BCUT2D eigenvalue weighted by Gasteiger charge is 2.13. The molecule has 0 saturated heterocycles. The summed E-state index contributed by atoms with van der Waals surface area (Å²) in [5, 5.41) is 21.5. The summed E-state index contributed by atoms with van der Waals surface area (Å²) in [7, 11) is 0. The molecule has 1 amide bonds. The number of aliphatic hydroxyl groups is 1. The summed E-state index contributed by atoms with van der Waals surface area (Å²) >= 11 is 0. The van der Waals surface area contributed by atoms with E-state index in [-0.39, 0.29) is 24.0 Å². The first-order valence-corrected chi connectivity index (χ1v) is 6.71. The number of rotatable bonds is 7. The Hall–Kier alpha value is -1.55. The van der Waals surface area contributed by atoms with Gasteiger partial charge < -0.3 is 15.5 Å². The molecule has 1 rings (SSSR count). The van der Waals surface area contributed by atoms with E-state index in [9.17, 15) is 9.90 Å². The first-order chi connectivity index (χ1) is 8.99. The summed E-state index contributed by atoms with van der Waals surface area (Å²) in [5.74, 6) is 0.259. The van der Waals surface area contributed by atoms with Crippen molar-refractivity contribution in [3.8, 4) is 5.75 Å². The van der Waals surface area contributed by atoms with Gasteiger partial charge in [-0.1, -0.05) is 26.0 Å². The molecule has 0 saturated carbocycles. The molecule has 0 bridgehead atoms. The third kappa shape index (κ3) is 6.25. The molecule has 0 aliphatic carbocycles. The van der Waals surface area contributed by atoms with Gasteiger partial charge in [-0.15, -0.1) is 0 Å². The molecule has 0 aliphatic heterocycles. The van der Waals surface area contributed by atoms with Crippen molar-refractivity contribution in [2.24, 2.45) is 5.92 Å². The second kappa shape index (κ2) is 7.79. The summed E-state index contributed by atoms with van der Waals surface area (Å²) in [6.07, 6.45) is 1.29. The number of benzene rings is 1. The molecule has 1 unspecified atom stereocenters. The molecule has 4 nitrogen and oxygen atoms in total. The summed E-state index contributed by atoms with van der Waals surface area (Å²) in [6, 6.07) is 7.07. The molecule has 0 aromatic heterocycles. The van der Waals surface area contributed by atoms with Gasteiger partial charge in [0.1, 0.15) is 5.75 Å². The zero-order valence-corrected chi connectivity index (χ0v) is 11.6. The van der Waals surface area contributed by atoms with Crippen molar-refractivity contribution in [3.05, 3.63) is 29.8 Å². The molecule has 0 aliphatic rings. The van der Waals surface area contributed by atoms with E-state index in [1.54, 1.807) is 12.1 Å². The molecule has 3 N–H and O–H groups in total. The smallest absolute Gasteiger partial charge is 0.222 e. The first-order valence-electron chi connectivity index (χ1n) is 6.71. The van der Waals surface area contributed by atoms with Crippen LogP contribution in [0, 0.1) is 5.92 Å². The molecule has 4 heteroatoms. The van der Waals surface area contributed by atoms with Crippen molar-refractivity contribution in [1.29, 1.82) is 0 Å². The van der Waals surface area contributed by atoms with Crippen LogP contribution in [-0.4, -0.2) is 28.8 Å². The molecule has 106 valence electrons. The Bertz CT molecular complexity index is 387. The summed E-state index contributed by atoms with van der Waals surface area (Å²) in [6.45, 7) is 4.38. The zero-order chi connectivity index (χ0) is 14.3. The van der Waals surface area contributed by atoms with Crippen molar-refractivity contribution in [2.75, 3.05) is 6.54 Å². The number of phenolic OH excluding ortho intramolecular Hbond substituents is 1. The van der Waals surface area contributed by atoms with E-state index in [4.69, 9.17) is 5.11 Å². The molecule has 1 atom stereocenters. The summed E-state index contributed by atoms with van der Waals surface area (Å²) in [5.41, 5.74) is 1.13. The number of amides is 1. The Morgan fingerprint density at radius 3 is 2.47 bits per heavy atom. The minimum atomic E-state index is -0.572. The first kappa shape index (κ1) is 15.5. The highest BCUT2D eigenvalue weighted by molar-refractivity contribution is 5.76. The molecular weight excluding hydrogens is 242 g/mol. The van der Waals surface area contributed by atoms with Crippen LogP contribution >= 0.6 is 0 Å². The maximum Gasteiger partial charge on any atom is 0.222 e.